The van der Waals surface area contributed by atoms with Gasteiger partial charge in [-0.2, -0.15) is 0 Å². The summed E-state index contributed by atoms with van der Waals surface area (Å²) in [6.07, 6.45) is 6.23. The highest BCUT2D eigenvalue weighted by atomic mass is 16.4. The maximum Gasteiger partial charge on any atom is 0.354 e. The van der Waals surface area contributed by atoms with Crippen molar-refractivity contribution in [2.24, 2.45) is 5.92 Å². The lowest BCUT2D eigenvalue weighted by atomic mass is 9.83. The molecule has 1 aromatic heterocycles. The Hall–Kier alpha value is -1.91. The van der Waals surface area contributed by atoms with Crippen molar-refractivity contribution in [3.63, 3.8) is 0 Å². The standard InChI is InChI=1S/C14H18N2O3/c1-16(8-7-10-3-2-4-10)13(17)11-5-6-12(14(18)19)15-9-11/h5-6,9-10H,2-4,7-8H2,1H3,(H,18,19). The SMILES string of the molecule is CN(CCC1CCC1)C(=O)c1ccc(C(=O)O)nc1. The maximum atomic E-state index is 12.1. The van der Waals surface area contributed by atoms with Crippen LogP contribution in [0.25, 0.3) is 0 Å². The Morgan fingerprint density at radius 2 is 2.16 bits per heavy atom. The van der Waals surface area contributed by atoms with Crippen LogP contribution in [0.15, 0.2) is 18.3 Å². The predicted octanol–water partition coefficient (Wildman–Crippen LogP) is 2.04. The van der Waals surface area contributed by atoms with Crippen molar-refractivity contribution in [3.8, 4) is 0 Å². The van der Waals surface area contributed by atoms with Gasteiger partial charge < -0.3 is 10.0 Å². The second-order valence-electron chi connectivity index (χ2n) is 5.05. The van der Waals surface area contributed by atoms with Gasteiger partial charge in [-0.3, -0.25) is 4.79 Å². The van der Waals surface area contributed by atoms with Crippen LogP contribution in [0.1, 0.15) is 46.5 Å². The van der Waals surface area contributed by atoms with E-state index in [0.29, 0.717) is 5.56 Å². The van der Waals surface area contributed by atoms with E-state index in [1.165, 1.54) is 37.6 Å². The van der Waals surface area contributed by atoms with Gasteiger partial charge in [0.1, 0.15) is 5.69 Å². The Bertz CT molecular complexity index is 466. The van der Waals surface area contributed by atoms with Crippen molar-refractivity contribution in [2.75, 3.05) is 13.6 Å². The van der Waals surface area contributed by atoms with Gasteiger partial charge in [0.25, 0.3) is 5.91 Å². The molecular formula is C14H18N2O3. The molecule has 1 saturated carbocycles. The molecule has 0 aromatic carbocycles. The van der Waals surface area contributed by atoms with Crippen molar-refractivity contribution in [2.45, 2.75) is 25.7 Å². The average Bonchev–Trinajstić information content (AvgIpc) is 2.36. The fourth-order valence-electron chi connectivity index (χ4n) is 2.13. The second kappa shape index (κ2) is 5.82. The largest absolute Gasteiger partial charge is 0.477 e. The minimum absolute atomic E-state index is 0.0475. The van der Waals surface area contributed by atoms with E-state index in [9.17, 15) is 9.59 Å². The Morgan fingerprint density at radius 1 is 1.42 bits per heavy atom. The number of aromatic nitrogens is 1. The highest BCUT2D eigenvalue weighted by molar-refractivity contribution is 5.94. The summed E-state index contributed by atoms with van der Waals surface area (Å²) in [6.45, 7) is 0.740. The Morgan fingerprint density at radius 3 is 2.63 bits per heavy atom. The first-order valence-electron chi connectivity index (χ1n) is 6.52. The average molecular weight is 262 g/mol. The number of nitrogens with zero attached hydrogens (tertiary/aromatic N) is 2. The van der Waals surface area contributed by atoms with Crippen molar-refractivity contribution >= 4 is 11.9 Å². The van der Waals surface area contributed by atoms with E-state index in [0.717, 1.165) is 18.9 Å². The molecule has 1 N–H and O–H groups in total. The number of carbonyl (C=O) groups excluding carboxylic acids is 1. The quantitative estimate of drug-likeness (QED) is 0.881. The van der Waals surface area contributed by atoms with Crippen LogP contribution in [0.2, 0.25) is 0 Å². The molecule has 1 fully saturated rings. The zero-order valence-electron chi connectivity index (χ0n) is 11.0. The summed E-state index contributed by atoms with van der Waals surface area (Å²) in [6, 6.07) is 2.87. The van der Waals surface area contributed by atoms with Crippen LogP contribution >= 0.6 is 0 Å². The fraction of sp³-hybridized carbons (Fsp3) is 0.500. The summed E-state index contributed by atoms with van der Waals surface area (Å²) in [7, 11) is 1.77. The van der Waals surface area contributed by atoms with Gasteiger partial charge in [0.05, 0.1) is 5.56 Å². The van der Waals surface area contributed by atoms with Crippen LogP contribution in [0.3, 0.4) is 0 Å². The van der Waals surface area contributed by atoms with Gasteiger partial charge in [0.2, 0.25) is 0 Å². The Kier molecular flexibility index (Phi) is 4.14. The van der Waals surface area contributed by atoms with Gasteiger partial charge >= 0.3 is 5.97 Å². The molecule has 1 aromatic rings. The molecule has 0 atom stereocenters. The third-order valence-corrected chi connectivity index (χ3v) is 3.67. The third kappa shape index (κ3) is 3.30. The summed E-state index contributed by atoms with van der Waals surface area (Å²) in [5.41, 5.74) is 0.384. The van der Waals surface area contributed by atoms with Crippen LogP contribution in [-0.4, -0.2) is 40.5 Å². The minimum Gasteiger partial charge on any atom is -0.477 e. The highest BCUT2D eigenvalue weighted by Crippen LogP contribution is 2.29. The lowest BCUT2D eigenvalue weighted by Crippen LogP contribution is -2.30. The third-order valence-electron chi connectivity index (χ3n) is 3.67. The summed E-state index contributed by atoms with van der Waals surface area (Å²) < 4.78 is 0. The van der Waals surface area contributed by atoms with E-state index < -0.39 is 5.97 Å². The van der Waals surface area contributed by atoms with E-state index in [1.54, 1.807) is 11.9 Å². The molecule has 0 radical (unpaired) electrons. The molecule has 5 nitrogen and oxygen atoms in total. The Balaban J connectivity index is 1.91. The molecule has 0 saturated heterocycles. The molecule has 19 heavy (non-hydrogen) atoms. The van der Waals surface area contributed by atoms with Gasteiger partial charge in [-0.15, -0.1) is 0 Å². The van der Waals surface area contributed by atoms with Gasteiger partial charge in [-0.1, -0.05) is 19.3 Å². The molecule has 2 rings (SSSR count). The number of amides is 1. The fourth-order valence-corrected chi connectivity index (χ4v) is 2.13. The number of rotatable bonds is 5. The minimum atomic E-state index is -1.09. The van der Waals surface area contributed by atoms with Gasteiger partial charge in [-0.25, -0.2) is 9.78 Å². The predicted molar refractivity (Wildman–Crippen MR) is 70.1 cm³/mol. The molecule has 0 aliphatic heterocycles. The zero-order chi connectivity index (χ0) is 13.8. The number of aromatic carboxylic acids is 1. The number of hydrogen-bond donors (Lipinski definition) is 1. The normalized spacial score (nSPS) is 14.8. The maximum absolute atomic E-state index is 12.1. The van der Waals surface area contributed by atoms with Gasteiger partial charge in [-0.05, 0) is 24.5 Å². The highest BCUT2D eigenvalue weighted by Gasteiger charge is 2.19. The molecule has 1 aliphatic rings. The molecule has 1 amide bonds. The molecule has 0 spiro atoms. The summed E-state index contributed by atoms with van der Waals surface area (Å²) in [4.78, 5) is 28.2. The second-order valence-corrected chi connectivity index (χ2v) is 5.05. The summed E-state index contributed by atoms with van der Waals surface area (Å²) >= 11 is 0. The topological polar surface area (TPSA) is 70.5 Å². The van der Waals surface area contributed by atoms with E-state index in [-0.39, 0.29) is 11.6 Å². The number of carboxylic acid groups (broad SMARTS) is 1. The number of hydrogen-bond acceptors (Lipinski definition) is 3. The molecule has 0 unspecified atom stereocenters. The van der Waals surface area contributed by atoms with E-state index in [1.807, 2.05) is 0 Å². The van der Waals surface area contributed by atoms with Crippen molar-refractivity contribution < 1.29 is 14.7 Å². The van der Waals surface area contributed by atoms with Crippen LogP contribution in [-0.2, 0) is 0 Å². The van der Waals surface area contributed by atoms with Crippen LogP contribution in [0.4, 0.5) is 0 Å². The van der Waals surface area contributed by atoms with E-state index in [4.69, 9.17) is 5.11 Å². The first-order valence-corrected chi connectivity index (χ1v) is 6.52. The van der Waals surface area contributed by atoms with E-state index in [2.05, 4.69) is 4.98 Å². The van der Waals surface area contributed by atoms with Crippen molar-refractivity contribution in [1.29, 1.82) is 0 Å². The Labute approximate surface area is 112 Å². The summed E-state index contributed by atoms with van der Waals surface area (Å²) in [5.74, 6) is -0.427. The number of carbonyl (C=O) groups is 2. The number of carboxylic acids is 1. The summed E-state index contributed by atoms with van der Waals surface area (Å²) in [5, 5.41) is 8.74. The monoisotopic (exact) mass is 262 g/mol. The van der Waals surface area contributed by atoms with Crippen LogP contribution < -0.4 is 0 Å². The molecule has 0 bridgehead atoms. The van der Waals surface area contributed by atoms with Crippen LogP contribution in [0.5, 0.6) is 0 Å². The molecule has 1 aliphatic carbocycles. The van der Waals surface area contributed by atoms with Crippen molar-refractivity contribution in [1.82, 2.24) is 9.88 Å². The molecule has 1 heterocycles. The first kappa shape index (κ1) is 13.5. The first-order chi connectivity index (χ1) is 9.08. The number of pyridine rings is 1. The lowest BCUT2D eigenvalue weighted by Gasteiger charge is -2.27. The van der Waals surface area contributed by atoms with Crippen molar-refractivity contribution in [3.05, 3.63) is 29.6 Å². The smallest absolute Gasteiger partial charge is 0.354 e. The molecule has 5 heteroatoms. The van der Waals surface area contributed by atoms with Crippen LogP contribution in [0, 0.1) is 5.92 Å². The van der Waals surface area contributed by atoms with E-state index >= 15 is 0 Å². The molecule has 102 valence electrons. The molecular weight excluding hydrogens is 244 g/mol. The van der Waals surface area contributed by atoms with Gasteiger partial charge in [0, 0.05) is 19.8 Å². The van der Waals surface area contributed by atoms with Gasteiger partial charge in [0.15, 0.2) is 0 Å². The zero-order valence-corrected chi connectivity index (χ0v) is 11.0. The lowest BCUT2D eigenvalue weighted by molar-refractivity contribution is 0.0688.